The first kappa shape index (κ1) is 9.68. The lowest BCUT2D eigenvalue weighted by molar-refractivity contribution is 0.150. The minimum absolute atomic E-state index is 0.360. The second-order valence-electron chi connectivity index (χ2n) is 2.14. The van der Waals surface area contributed by atoms with E-state index in [1.807, 2.05) is 0 Å². The molecule has 0 spiro atoms. The van der Waals surface area contributed by atoms with Gasteiger partial charge in [-0.15, -0.1) is 0 Å². The van der Waals surface area contributed by atoms with Crippen molar-refractivity contribution in [3.8, 4) is 11.8 Å². The van der Waals surface area contributed by atoms with Gasteiger partial charge >= 0.3 is 0 Å². The van der Waals surface area contributed by atoms with Gasteiger partial charge in [-0.3, -0.25) is 0 Å². The van der Waals surface area contributed by atoms with Crippen LogP contribution in [-0.4, -0.2) is 10.1 Å². The van der Waals surface area contributed by atoms with E-state index in [2.05, 4.69) is 4.98 Å². The summed E-state index contributed by atoms with van der Waals surface area (Å²) >= 11 is 5.31. The van der Waals surface area contributed by atoms with E-state index in [1.54, 1.807) is 0 Å². The SMILES string of the molecule is N#Cc1c(C(F)F)cnc(Cl)c1O. The van der Waals surface area contributed by atoms with Crippen LogP contribution in [0, 0.1) is 11.3 Å². The molecule has 1 N–H and O–H groups in total. The summed E-state index contributed by atoms with van der Waals surface area (Å²) in [5.41, 5.74) is -1.15. The average molecular weight is 205 g/mol. The maximum absolute atomic E-state index is 12.2. The number of alkyl halides is 2. The molecule has 0 saturated carbocycles. The van der Waals surface area contributed by atoms with E-state index in [1.165, 1.54) is 6.07 Å². The highest BCUT2D eigenvalue weighted by molar-refractivity contribution is 6.30. The molecule has 0 aliphatic rings. The van der Waals surface area contributed by atoms with Crippen molar-refractivity contribution in [2.75, 3.05) is 0 Å². The van der Waals surface area contributed by atoms with Gasteiger partial charge < -0.3 is 5.11 Å². The Balaban J connectivity index is 3.41. The highest BCUT2D eigenvalue weighted by atomic mass is 35.5. The van der Waals surface area contributed by atoms with E-state index in [0.717, 1.165) is 6.20 Å². The van der Waals surface area contributed by atoms with Crippen LogP contribution < -0.4 is 0 Å². The fourth-order valence-electron chi connectivity index (χ4n) is 0.775. The van der Waals surface area contributed by atoms with Crippen LogP contribution in [0.25, 0.3) is 0 Å². The molecule has 3 nitrogen and oxygen atoms in total. The van der Waals surface area contributed by atoms with Crippen molar-refractivity contribution in [3.05, 3.63) is 22.5 Å². The summed E-state index contributed by atoms with van der Waals surface area (Å²) < 4.78 is 24.4. The minimum Gasteiger partial charge on any atom is -0.504 e. The van der Waals surface area contributed by atoms with Crippen molar-refractivity contribution in [2.24, 2.45) is 0 Å². The molecule has 0 bridgehead atoms. The van der Waals surface area contributed by atoms with Gasteiger partial charge in [0.1, 0.15) is 11.6 Å². The van der Waals surface area contributed by atoms with E-state index in [4.69, 9.17) is 22.0 Å². The number of hydrogen-bond acceptors (Lipinski definition) is 3. The number of halogens is 3. The van der Waals surface area contributed by atoms with Crippen molar-refractivity contribution >= 4 is 11.6 Å². The fourth-order valence-corrected chi connectivity index (χ4v) is 0.918. The number of hydrogen-bond donors (Lipinski definition) is 1. The Morgan fingerprint density at radius 3 is 2.69 bits per heavy atom. The molecule has 6 heteroatoms. The third-order valence-corrected chi connectivity index (χ3v) is 1.66. The quantitative estimate of drug-likeness (QED) is 0.714. The van der Waals surface area contributed by atoms with Crippen molar-refractivity contribution in [1.82, 2.24) is 4.98 Å². The summed E-state index contributed by atoms with van der Waals surface area (Å²) in [6.07, 6.45) is -2.09. The highest BCUT2D eigenvalue weighted by Gasteiger charge is 2.18. The molecule has 1 rings (SSSR count). The maximum atomic E-state index is 12.2. The second kappa shape index (κ2) is 3.54. The second-order valence-corrected chi connectivity index (χ2v) is 2.50. The van der Waals surface area contributed by atoms with Gasteiger partial charge in [-0.2, -0.15) is 5.26 Å². The van der Waals surface area contributed by atoms with Gasteiger partial charge in [-0.1, -0.05) is 11.6 Å². The number of rotatable bonds is 1. The molecule has 0 aromatic carbocycles. The third kappa shape index (κ3) is 1.68. The van der Waals surface area contributed by atoms with Gasteiger partial charge in [-0.05, 0) is 0 Å². The Morgan fingerprint density at radius 2 is 2.23 bits per heavy atom. The zero-order valence-electron chi connectivity index (χ0n) is 6.13. The lowest BCUT2D eigenvalue weighted by Gasteiger charge is -2.04. The molecule has 0 unspecified atom stereocenters. The van der Waals surface area contributed by atoms with Crippen LogP contribution in [0.5, 0.6) is 5.75 Å². The first-order valence-corrected chi connectivity index (χ1v) is 3.51. The van der Waals surface area contributed by atoms with Crippen LogP contribution in [0.3, 0.4) is 0 Å². The van der Waals surface area contributed by atoms with Crippen LogP contribution >= 0.6 is 11.6 Å². The van der Waals surface area contributed by atoms with Crippen LogP contribution in [0.1, 0.15) is 17.6 Å². The molecule has 1 aromatic heterocycles. The molecule has 1 aromatic rings. The van der Waals surface area contributed by atoms with Gasteiger partial charge in [0, 0.05) is 6.20 Å². The van der Waals surface area contributed by atoms with Gasteiger partial charge in [0.25, 0.3) is 6.43 Å². The molecule has 68 valence electrons. The largest absolute Gasteiger partial charge is 0.504 e. The number of pyridine rings is 1. The van der Waals surface area contributed by atoms with Crippen LogP contribution in [0.2, 0.25) is 5.15 Å². The summed E-state index contributed by atoms with van der Waals surface area (Å²) in [6, 6.07) is 1.43. The number of aromatic hydroxyl groups is 1. The molecule has 0 radical (unpaired) electrons. The summed E-state index contributed by atoms with van der Waals surface area (Å²) in [5.74, 6) is -0.707. The maximum Gasteiger partial charge on any atom is 0.266 e. The van der Waals surface area contributed by atoms with Gasteiger partial charge in [0.2, 0.25) is 0 Å². The molecule has 0 fully saturated rings. The standard InChI is InChI=1S/C7H3ClF2N2O/c8-6-5(13)3(1-11)4(2-12-6)7(9)10/h2,7,13H. The minimum atomic E-state index is -2.86. The van der Waals surface area contributed by atoms with E-state index in [0.29, 0.717) is 0 Å². The lowest BCUT2D eigenvalue weighted by Crippen LogP contribution is -1.93. The van der Waals surface area contributed by atoms with Crippen molar-refractivity contribution in [2.45, 2.75) is 6.43 Å². The zero-order chi connectivity index (χ0) is 10.0. The monoisotopic (exact) mass is 204 g/mol. The molecular formula is C7H3ClF2N2O. The molecule has 0 aliphatic heterocycles. The van der Waals surface area contributed by atoms with E-state index >= 15 is 0 Å². The zero-order valence-corrected chi connectivity index (χ0v) is 6.89. The number of nitrogens with zero attached hydrogens (tertiary/aromatic N) is 2. The van der Waals surface area contributed by atoms with Gasteiger partial charge in [-0.25, -0.2) is 13.8 Å². The van der Waals surface area contributed by atoms with Gasteiger partial charge in [0.05, 0.1) is 5.56 Å². The number of aromatic nitrogens is 1. The first-order chi connectivity index (χ1) is 6.07. The van der Waals surface area contributed by atoms with Crippen molar-refractivity contribution in [3.63, 3.8) is 0 Å². The summed E-state index contributed by atoms with van der Waals surface area (Å²) in [6.45, 7) is 0. The van der Waals surface area contributed by atoms with Crippen molar-refractivity contribution < 1.29 is 13.9 Å². The summed E-state index contributed by atoms with van der Waals surface area (Å²) in [5, 5.41) is 17.2. The Kier molecular flexibility index (Phi) is 2.63. The Hall–Kier alpha value is -1.41. The number of nitriles is 1. The predicted molar refractivity (Wildman–Crippen MR) is 40.6 cm³/mol. The summed E-state index contributed by atoms with van der Waals surface area (Å²) in [4.78, 5) is 3.29. The highest BCUT2D eigenvalue weighted by Crippen LogP contribution is 2.31. The van der Waals surface area contributed by atoms with Gasteiger partial charge in [0.15, 0.2) is 10.9 Å². The van der Waals surface area contributed by atoms with E-state index in [9.17, 15) is 8.78 Å². The topological polar surface area (TPSA) is 56.9 Å². The summed E-state index contributed by atoms with van der Waals surface area (Å²) in [7, 11) is 0. The smallest absolute Gasteiger partial charge is 0.266 e. The van der Waals surface area contributed by atoms with E-state index in [-0.39, 0.29) is 5.15 Å². The average Bonchev–Trinajstić information content (AvgIpc) is 2.09. The van der Waals surface area contributed by atoms with Crippen LogP contribution in [0.15, 0.2) is 6.20 Å². The first-order valence-electron chi connectivity index (χ1n) is 3.13. The molecule has 0 aliphatic carbocycles. The molecule has 13 heavy (non-hydrogen) atoms. The molecule has 0 amide bonds. The predicted octanol–water partition coefficient (Wildman–Crippen LogP) is 2.25. The Morgan fingerprint density at radius 1 is 1.62 bits per heavy atom. The third-order valence-electron chi connectivity index (χ3n) is 1.38. The molecular weight excluding hydrogens is 202 g/mol. The van der Waals surface area contributed by atoms with Crippen LogP contribution in [0.4, 0.5) is 8.78 Å². The lowest BCUT2D eigenvalue weighted by atomic mass is 10.1. The normalized spacial score (nSPS) is 10.1. The molecule has 1 heterocycles. The van der Waals surface area contributed by atoms with Crippen molar-refractivity contribution in [1.29, 1.82) is 5.26 Å². The van der Waals surface area contributed by atoms with Crippen LogP contribution in [-0.2, 0) is 0 Å². The molecule has 0 atom stereocenters. The Bertz CT molecular complexity index is 375. The Labute approximate surface area is 77.2 Å². The fraction of sp³-hybridized carbons (Fsp3) is 0.143. The molecule has 0 saturated heterocycles. The van der Waals surface area contributed by atoms with E-state index < -0.39 is 23.3 Å².